The first-order valence-electron chi connectivity index (χ1n) is 13.9. The van der Waals surface area contributed by atoms with E-state index in [-0.39, 0.29) is 11.6 Å². The van der Waals surface area contributed by atoms with E-state index in [1.807, 2.05) is 60.7 Å². The molecule has 0 radical (unpaired) electrons. The fourth-order valence-corrected chi connectivity index (χ4v) is 4.96. The minimum Gasteiger partial charge on any atom is -0.489 e. The normalized spacial score (nSPS) is 13.6. The average molecular weight is 577 g/mol. The molecule has 218 valence electrons. The largest absolute Gasteiger partial charge is 0.489 e. The van der Waals surface area contributed by atoms with Crippen LogP contribution < -0.4 is 26.4 Å². The third-order valence-electron chi connectivity index (χ3n) is 7.44. The Hall–Kier alpha value is -5.24. The molecule has 0 unspecified atom stereocenters. The molecule has 1 amide bonds. The van der Waals surface area contributed by atoms with Crippen molar-refractivity contribution >= 4 is 17.9 Å². The predicted octanol–water partition coefficient (Wildman–Crippen LogP) is 4.01. The zero-order valence-corrected chi connectivity index (χ0v) is 23.7. The summed E-state index contributed by atoms with van der Waals surface area (Å²) in [5, 5.41) is 17.9. The highest BCUT2D eigenvalue weighted by Gasteiger charge is 2.24. The van der Waals surface area contributed by atoms with Crippen LogP contribution in [0.5, 0.6) is 5.75 Å². The zero-order chi connectivity index (χ0) is 30.3. The molecule has 3 aromatic carbocycles. The van der Waals surface area contributed by atoms with Crippen LogP contribution >= 0.6 is 0 Å². The van der Waals surface area contributed by atoms with Crippen molar-refractivity contribution in [1.82, 2.24) is 15.0 Å². The van der Waals surface area contributed by atoms with Crippen molar-refractivity contribution in [3.63, 3.8) is 0 Å². The molecule has 1 aromatic heterocycles. The van der Waals surface area contributed by atoms with E-state index in [1.54, 1.807) is 35.3 Å². The number of nitrogens with two attached hydrogens (primary N) is 1. The highest BCUT2D eigenvalue weighted by molar-refractivity contribution is 5.90. The number of aromatic nitrogens is 2. The summed E-state index contributed by atoms with van der Waals surface area (Å²) in [4.78, 5) is 32.2. The van der Waals surface area contributed by atoms with E-state index in [0.717, 1.165) is 42.6 Å². The van der Waals surface area contributed by atoms with Gasteiger partial charge in [-0.1, -0.05) is 48.5 Å². The number of benzene rings is 3. The number of nitrogens with zero attached hydrogens (tertiary/aromatic N) is 4. The third-order valence-corrected chi connectivity index (χ3v) is 7.44. The molecule has 1 aliphatic heterocycles. The number of amides is 1. The standard InChI is InChI=1S/C33H32N6O4/c1-38-32(41)30(31(26-9-6-23(20-34)7-10-26)36-33(38)39-18-16-27(35)17-19-39)25-11-13-28(14-12-25)43-21-24-4-2-22(3-5-24)8-15-29(40)37-42/h2-15,27,42H,16-19,21,35H2,1H3,(H,37,40)/b15-8+. The second-order valence-electron chi connectivity index (χ2n) is 10.4. The minimum absolute atomic E-state index is 0.148. The van der Waals surface area contributed by atoms with Gasteiger partial charge in [0.25, 0.3) is 11.5 Å². The Morgan fingerprint density at radius 2 is 1.72 bits per heavy atom. The lowest BCUT2D eigenvalue weighted by molar-refractivity contribution is -0.124. The van der Waals surface area contributed by atoms with Gasteiger partial charge in [-0.25, -0.2) is 10.5 Å². The molecular weight excluding hydrogens is 544 g/mol. The van der Waals surface area contributed by atoms with Gasteiger partial charge in [-0.15, -0.1) is 0 Å². The van der Waals surface area contributed by atoms with Crippen LogP contribution in [0.3, 0.4) is 0 Å². The van der Waals surface area contributed by atoms with Gasteiger partial charge in [-0.2, -0.15) is 5.26 Å². The van der Waals surface area contributed by atoms with Crippen molar-refractivity contribution in [3.05, 3.63) is 106 Å². The smallest absolute Gasteiger partial charge is 0.267 e. The van der Waals surface area contributed by atoms with Crippen molar-refractivity contribution in [3.8, 4) is 34.2 Å². The van der Waals surface area contributed by atoms with Gasteiger partial charge in [0, 0.05) is 37.8 Å². The fourth-order valence-electron chi connectivity index (χ4n) is 4.96. The van der Waals surface area contributed by atoms with Crippen molar-refractivity contribution < 1.29 is 14.7 Å². The predicted molar refractivity (Wildman–Crippen MR) is 164 cm³/mol. The molecule has 4 aromatic rings. The number of ether oxygens (including phenoxy) is 1. The Morgan fingerprint density at radius 3 is 2.35 bits per heavy atom. The maximum Gasteiger partial charge on any atom is 0.267 e. The fraction of sp³-hybridized carbons (Fsp3) is 0.212. The number of nitriles is 1. The maximum absolute atomic E-state index is 13.9. The number of anilines is 1. The Bertz CT molecular complexity index is 1710. The molecule has 0 aliphatic carbocycles. The second kappa shape index (κ2) is 13.2. The molecular formula is C33H32N6O4. The second-order valence-corrected chi connectivity index (χ2v) is 10.4. The number of hydroxylamine groups is 1. The minimum atomic E-state index is -0.600. The van der Waals surface area contributed by atoms with Crippen molar-refractivity contribution in [1.29, 1.82) is 5.26 Å². The molecule has 5 rings (SSSR count). The summed E-state index contributed by atoms with van der Waals surface area (Å²) in [5.74, 6) is 0.633. The summed E-state index contributed by atoms with van der Waals surface area (Å²) >= 11 is 0. The van der Waals surface area contributed by atoms with Crippen LogP contribution in [0.2, 0.25) is 0 Å². The van der Waals surface area contributed by atoms with E-state index in [2.05, 4.69) is 11.0 Å². The lowest BCUT2D eigenvalue weighted by Gasteiger charge is -2.32. The van der Waals surface area contributed by atoms with Crippen LogP contribution in [-0.2, 0) is 18.4 Å². The monoisotopic (exact) mass is 576 g/mol. The van der Waals surface area contributed by atoms with Crippen LogP contribution in [-0.4, -0.2) is 39.8 Å². The topological polar surface area (TPSA) is 146 Å². The zero-order valence-electron chi connectivity index (χ0n) is 23.7. The molecule has 2 heterocycles. The van der Waals surface area contributed by atoms with E-state index >= 15 is 0 Å². The van der Waals surface area contributed by atoms with Crippen molar-refractivity contribution in [2.75, 3.05) is 18.0 Å². The van der Waals surface area contributed by atoms with Crippen LogP contribution in [0.25, 0.3) is 28.5 Å². The maximum atomic E-state index is 13.9. The Kier molecular flexibility index (Phi) is 8.96. The molecule has 0 atom stereocenters. The van der Waals surface area contributed by atoms with Crippen LogP contribution in [0.1, 0.15) is 29.5 Å². The van der Waals surface area contributed by atoms with Gasteiger partial charge in [0.05, 0.1) is 22.9 Å². The summed E-state index contributed by atoms with van der Waals surface area (Å²) in [6.45, 7) is 1.77. The number of rotatable bonds is 8. The Balaban J connectivity index is 1.41. The molecule has 1 fully saturated rings. The first kappa shape index (κ1) is 29.3. The first-order valence-corrected chi connectivity index (χ1v) is 13.9. The SMILES string of the molecule is Cn1c(N2CCC(N)CC2)nc(-c2ccc(C#N)cc2)c(-c2ccc(OCc3ccc(/C=C/C(=O)NO)cc3)cc2)c1=O. The summed E-state index contributed by atoms with van der Waals surface area (Å²) in [7, 11) is 1.74. The first-order chi connectivity index (χ1) is 20.9. The van der Waals surface area contributed by atoms with Crippen molar-refractivity contribution in [2.45, 2.75) is 25.5 Å². The number of nitrogens with one attached hydrogen (secondary N) is 1. The van der Waals surface area contributed by atoms with Gasteiger partial charge in [0.1, 0.15) is 12.4 Å². The van der Waals surface area contributed by atoms with E-state index in [1.165, 1.54) is 6.08 Å². The van der Waals surface area contributed by atoms with Gasteiger partial charge in [0.2, 0.25) is 5.95 Å². The number of carbonyl (C=O) groups excluding carboxylic acids is 1. The summed E-state index contributed by atoms with van der Waals surface area (Å²) in [6.07, 6.45) is 4.49. The Morgan fingerprint density at radius 1 is 1.07 bits per heavy atom. The Labute approximate surface area is 249 Å². The van der Waals surface area contributed by atoms with E-state index in [0.29, 0.717) is 40.7 Å². The highest BCUT2D eigenvalue weighted by Crippen LogP contribution is 2.31. The molecule has 4 N–H and O–H groups in total. The van der Waals surface area contributed by atoms with Gasteiger partial charge < -0.3 is 15.4 Å². The summed E-state index contributed by atoms with van der Waals surface area (Å²) < 4.78 is 7.57. The lowest BCUT2D eigenvalue weighted by Crippen LogP contribution is -2.42. The van der Waals surface area contributed by atoms with Gasteiger partial charge in [-0.3, -0.25) is 19.4 Å². The van der Waals surface area contributed by atoms with Gasteiger partial charge in [0.15, 0.2) is 0 Å². The quantitative estimate of drug-likeness (QED) is 0.162. The molecule has 0 saturated carbocycles. The van der Waals surface area contributed by atoms with Gasteiger partial charge in [-0.05, 0) is 59.9 Å². The molecule has 10 nitrogen and oxygen atoms in total. The molecule has 0 spiro atoms. The number of hydrogen-bond donors (Lipinski definition) is 3. The molecule has 10 heteroatoms. The average Bonchev–Trinajstić information content (AvgIpc) is 3.05. The van der Waals surface area contributed by atoms with E-state index in [4.69, 9.17) is 20.7 Å². The highest BCUT2D eigenvalue weighted by atomic mass is 16.5. The van der Waals surface area contributed by atoms with Gasteiger partial charge >= 0.3 is 0 Å². The number of carbonyl (C=O) groups is 1. The lowest BCUT2D eigenvalue weighted by atomic mass is 9.99. The molecule has 43 heavy (non-hydrogen) atoms. The van der Waals surface area contributed by atoms with Crippen molar-refractivity contribution in [2.24, 2.45) is 12.8 Å². The van der Waals surface area contributed by atoms with Crippen LogP contribution in [0.4, 0.5) is 5.95 Å². The summed E-state index contributed by atoms with van der Waals surface area (Å²) in [5.41, 5.74) is 12.2. The molecule has 1 saturated heterocycles. The van der Waals surface area contributed by atoms with E-state index < -0.39 is 5.91 Å². The van der Waals surface area contributed by atoms with Crippen LogP contribution in [0, 0.1) is 11.3 Å². The molecule has 1 aliphatic rings. The third kappa shape index (κ3) is 6.81. The number of piperidine rings is 1. The number of hydrogen-bond acceptors (Lipinski definition) is 8. The van der Waals surface area contributed by atoms with Crippen LogP contribution in [0.15, 0.2) is 83.7 Å². The molecule has 0 bridgehead atoms. The van der Waals surface area contributed by atoms with E-state index in [9.17, 15) is 14.9 Å². The summed E-state index contributed by atoms with van der Waals surface area (Å²) in [6, 6.07) is 24.2.